The van der Waals surface area contributed by atoms with Crippen LogP contribution in [-0.2, 0) is 4.79 Å². The Morgan fingerprint density at radius 3 is 2.12 bits per heavy atom. The van der Waals surface area contributed by atoms with E-state index in [-0.39, 0.29) is 0 Å². The molecule has 0 bridgehead atoms. The third-order valence-electron chi connectivity index (χ3n) is 2.64. The van der Waals surface area contributed by atoms with Crippen molar-refractivity contribution < 1.29 is 4.79 Å². The summed E-state index contributed by atoms with van der Waals surface area (Å²) in [5.41, 5.74) is 7.45. The highest BCUT2D eigenvalue weighted by atomic mass is 16.1. The summed E-state index contributed by atoms with van der Waals surface area (Å²) in [6.45, 7) is 9.80. The summed E-state index contributed by atoms with van der Waals surface area (Å²) in [6, 6.07) is 7.72. The van der Waals surface area contributed by atoms with Gasteiger partial charge in [0.25, 0.3) is 0 Å². The topological polar surface area (TPSA) is 46.3 Å². The van der Waals surface area contributed by atoms with Crippen molar-refractivity contribution in [3.8, 4) is 0 Å². The van der Waals surface area contributed by atoms with Gasteiger partial charge in [0, 0.05) is 24.4 Å². The molecule has 0 heterocycles. The van der Waals surface area contributed by atoms with E-state index in [1.54, 1.807) is 0 Å². The van der Waals surface area contributed by atoms with Gasteiger partial charge in [0.1, 0.15) is 0 Å². The molecule has 3 heteroatoms. The van der Waals surface area contributed by atoms with Gasteiger partial charge in [-0.05, 0) is 31.5 Å². The van der Waals surface area contributed by atoms with Gasteiger partial charge in [-0.3, -0.25) is 4.79 Å². The van der Waals surface area contributed by atoms with Gasteiger partial charge in [-0.15, -0.1) is 0 Å². The fourth-order valence-corrected chi connectivity index (χ4v) is 1.60. The first kappa shape index (κ1) is 12.3. The van der Waals surface area contributed by atoms with Crippen LogP contribution in [0.3, 0.4) is 0 Å². The maximum absolute atomic E-state index is 10.9. The number of carbonyl (C=O) groups excluding carboxylic acids is 1. The summed E-state index contributed by atoms with van der Waals surface area (Å²) >= 11 is 0. The molecular formula is C13H18N2O. The fraction of sp³-hybridized carbons (Fsp3) is 0.308. The normalized spacial score (nSPS) is 9.88. The van der Waals surface area contributed by atoms with Crippen LogP contribution in [0.25, 0.3) is 5.57 Å². The number of anilines is 1. The highest BCUT2D eigenvalue weighted by molar-refractivity contribution is 6.17. The first-order valence-electron chi connectivity index (χ1n) is 5.44. The Balaban J connectivity index is 2.90. The molecule has 0 unspecified atom stereocenters. The summed E-state index contributed by atoms with van der Waals surface area (Å²) in [6.07, 6.45) is 0. The zero-order chi connectivity index (χ0) is 12.1. The molecule has 0 aromatic heterocycles. The molecular weight excluding hydrogens is 200 g/mol. The standard InChI is InChI=1S/C13H18N2O/c1-4-15(5-2)12-8-6-11(7-9-12)10(3)13(14)16/h6-9H,3-5H2,1-2H3,(H2,14,16). The maximum Gasteiger partial charge on any atom is 0.248 e. The Labute approximate surface area is 96.6 Å². The zero-order valence-electron chi connectivity index (χ0n) is 9.86. The lowest BCUT2D eigenvalue weighted by Gasteiger charge is -2.21. The smallest absolute Gasteiger partial charge is 0.248 e. The van der Waals surface area contributed by atoms with Gasteiger partial charge in [-0.2, -0.15) is 0 Å². The van der Waals surface area contributed by atoms with Crippen LogP contribution in [0, 0.1) is 0 Å². The minimum atomic E-state index is -0.476. The van der Waals surface area contributed by atoms with Crippen molar-refractivity contribution in [3.05, 3.63) is 36.4 Å². The van der Waals surface area contributed by atoms with Crippen LogP contribution in [0.1, 0.15) is 19.4 Å². The van der Waals surface area contributed by atoms with Crippen molar-refractivity contribution >= 4 is 17.2 Å². The van der Waals surface area contributed by atoms with Crippen LogP contribution >= 0.6 is 0 Å². The third-order valence-corrected chi connectivity index (χ3v) is 2.64. The molecule has 3 nitrogen and oxygen atoms in total. The number of carbonyl (C=O) groups is 1. The second kappa shape index (κ2) is 5.35. The molecule has 0 atom stereocenters. The number of hydrogen-bond acceptors (Lipinski definition) is 2. The Morgan fingerprint density at radius 2 is 1.75 bits per heavy atom. The van der Waals surface area contributed by atoms with Gasteiger partial charge in [-0.1, -0.05) is 18.7 Å². The minimum Gasteiger partial charge on any atom is -0.372 e. The average molecular weight is 218 g/mol. The van der Waals surface area contributed by atoms with Crippen molar-refractivity contribution in [2.24, 2.45) is 5.73 Å². The monoisotopic (exact) mass is 218 g/mol. The van der Waals surface area contributed by atoms with Crippen molar-refractivity contribution in [2.75, 3.05) is 18.0 Å². The molecule has 1 amide bonds. The lowest BCUT2D eigenvalue weighted by Crippen LogP contribution is -2.21. The Morgan fingerprint density at radius 1 is 1.25 bits per heavy atom. The summed E-state index contributed by atoms with van der Waals surface area (Å²) < 4.78 is 0. The number of nitrogens with two attached hydrogens (primary N) is 1. The summed E-state index contributed by atoms with van der Waals surface area (Å²) in [5.74, 6) is -0.476. The SMILES string of the molecule is C=C(C(N)=O)c1ccc(N(CC)CC)cc1. The first-order valence-corrected chi connectivity index (χ1v) is 5.44. The van der Waals surface area contributed by atoms with E-state index in [9.17, 15) is 4.79 Å². The number of hydrogen-bond donors (Lipinski definition) is 1. The highest BCUT2D eigenvalue weighted by Crippen LogP contribution is 2.18. The molecule has 0 aliphatic carbocycles. The summed E-state index contributed by atoms with van der Waals surface area (Å²) in [5, 5.41) is 0. The van der Waals surface area contributed by atoms with Crippen LogP contribution in [0.4, 0.5) is 5.69 Å². The van der Waals surface area contributed by atoms with E-state index in [2.05, 4.69) is 25.3 Å². The Hall–Kier alpha value is -1.77. The van der Waals surface area contributed by atoms with Crippen LogP contribution in [0.15, 0.2) is 30.8 Å². The Bertz CT molecular complexity index is 377. The quantitative estimate of drug-likeness (QED) is 0.769. The molecule has 1 aromatic rings. The van der Waals surface area contributed by atoms with E-state index in [4.69, 9.17) is 5.73 Å². The first-order chi connectivity index (χ1) is 7.60. The number of amides is 1. The second-order valence-electron chi connectivity index (χ2n) is 3.56. The maximum atomic E-state index is 10.9. The third kappa shape index (κ3) is 2.63. The molecule has 86 valence electrons. The molecule has 16 heavy (non-hydrogen) atoms. The molecule has 0 saturated carbocycles. The predicted molar refractivity (Wildman–Crippen MR) is 68.2 cm³/mol. The van der Waals surface area contributed by atoms with Crippen molar-refractivity contribution in [1.29, 1.82) is 0 Å². The molecule has 0 spiro atoms. The van der Waals surface area contributed by atoms with E-state index in [0.717, 1.165) is 24.3 Å². The van der Waals surface area contributed by atoms with Crippen LogP contribution in [0.2, 0.25) is 0 Å². The summed E-state index contributed by atoms with van der Waals surface area (Å²) in [7, 11) is 0. The number of benzene rings is 1. The van der Waals surface area contributed by atoms with Crippen LogP contribution in [0.5, 0.6) is 0 Å². The molecule has 0 saturated heterocycles. The van der Waals surface area contributed by atoms with E-state index < -0.39 is 5.91 Å². The fourth-order valence-electron chi connectivity index (χ4n) is 1.60. The van der Waals surface area contributed by atoms with E-state index in [1.165, 1.54) is 0 Å². The van der Waals surface area contributed by atoms with Gasteiger partial charge in [0.05, 0.1) is 0 Å². The predicted octanol–water partition coefficient (Wildman–Crippen LogP) is 2.03. The van der Waals surface area contributed by atoms with Gasteiger partial charge >= 0.3 is 0 Å². The van der Waals surface area contributed by atoms with Crippen LogP contribution < -0.4 is 10.6 Å². The van der Waals surface area contributed by atoms with E-state index in [1.807, 2.05) is 24.3 Å². The number of primary amides is 1. The van der Waals surface area contributed by atoms with Crippen molar-refractivity contribution in [3.63, 3.8) is 0 Å². The molecule has 0 fully saturated rings. The molecule has 0 aliphatic heterocycles. The van der Waals surface area contributed by atoms with Crippen molar-refractivity contribution in [2.45, 2.75) is 13.8 Å². The molecule has 0 radical (unpaired) electrons. The number of nitrogens with zero attached hydrogens (tertiary/aromatic N) is 1. The molecule has 1 aromatic carbocycles. The van der Waals surface area contributed by atoms with Gasteiger partial charge < -0.3 is 10.6 Å². The molecule has 1 rings (SSSR count). The molecule has 0 aliphatic rings. The lowest BCUT2D eigenvalue weighted by molar-refractivity contribution is -0.112. The van der Waals surface area contributed by atoms with Gasteiger partial charge in [0.2, 0.25) is 5.91 Å². The minimum absolute atomic E-state index is 0.353. The van der Waals surface area contributed by atoms with Gasteiger partial charge in [-0.25, -0.2) is 0 Å². The lowest BCUT2D eigenvalue weighted by atomic mass is 10.1. The average Bonchev–Trinajstić information content (AvgIpc) is 2.30. The van der Waals surface area contributed by atoms with Crippen molar-refractivity contribution in [1.82, 2.24) is 0 Å². The van der Waals surface area contributed by atoms with Crippen LogP contribution in [-0.4, -0.2) is 19.0 Å². The second-order valence-corrected chi connectivity index (χ2v) is 3.56. The zero-order valence-corrected chi connectivity index (χ0v) is 9.86. The largest absolute Gasteiger partial charge is 0.372 e. The highest BCUT2D eigenvalue weighted by Gasteiger charge is 2.06. The van der Waals surface area contributed by atoms with E-state index in [0.29, 0.717) is 5.57 Å². The van der Waals surface area contributed by atoms with E-state index >= 15 is 0 Å². The summed E-state index contributed by atoms with van der Waals surface area (Å²) in [4.78, 5) is 13.2. The number of rotatable bonds is 5. The van der Waals surface area contributed by atoms with Gasteiger partial charge in [0.15, 0.2) is 0 Å². The molecule has 2 N–H and O–H groups in total. The Kier molecular flexibility index (Phi) is 4.11.